The van der Waals surface area contributed by atoms with E-state index in [4.69, 9.17) is 0 Å². The number of hydrogen-bond donors (Lipinski definition) is 0. The monoisotopic (exact) mass is 396 g/mol. The maximum atomic E-state index is 12.8. The first-order valence-corrected chi connectivity index (χ1v) is 8.91. The van der Waals surface area contributed by atoms with Crippen molar-refractivity contribution in [1.82, 2.24) is 14.8 Å². The summed E-state index contributed by atoms with van der Waals surface area (Å²) in [6.45, 7) is 0.881. The first-order chi connectivity index (χ1) is 12.0. The van der Waals surface area contributed by atoms with Gasteiger partial charge in [-0.25, -0.2) is 4.98 Å². The van der Waals surface area contributed by atoms with Gasteiger partial charge in [0.25, 0.3) is 0 Å². The molecule has 1 aliphatic heterocycles. The second-order valence-corrected chi connectivity index (χ2v) is 7.20. The normalized spacial score (nSPS) is 14.2. The van der Waals surface area contributed by atoms with Crippen molar-refractivity contribution in [1.29, 1.82) is 0 Å². The number of halogens is 1. The highest BCUT2D eigenvalue weighted by Gasteiger charge is 2.32. The molecule has 1 saturated heterocycles. The molecule has 0 atom stereocenters. The molecule has 9 heteroatoms. The predicted molar refractivity (Wildman–Crippen MR) is 104 cm³/mol. The van der Waals surface area contributed by atoms with Gasteiger partial charge in [0.15, 0.2) is 5.13 Å². The van der Waals surface area contributed by atoms with Crippen molar-refractivity contribution in [3.63, 3.8) is 0 Å². The summed E-state index contributed by atoms with van der Waals surface area (Å²) in [5.41, 5.74) is 0.832. The van der Waals surface area contributed by atoms with E-state index in [1.165, 1.54) is 11.3 Å². The van der Waals surface area contributed by atoms with Gasteiger partial charge in [-0.3, -0.25) is 24.2 Å². The largest absolute Gasteiger partial charge is 0.308 e. The lowest BCUT2D eigenvalue weighted by molar-refractivity contribution is -0.141. The molecule has 0 radical (unpaired) electrons. The van der Waals surface area contributed by atoms with E-state index in [1.54, 1.807) is 4.90 Å². The van der Waals surface area contributed by atoms with Crippen LogP contribution in [-0.2, 0) is 14.4 Å². The molecule has 1 aromatic carbocycles. The number of fused-ring (bicyclic) bond motifs is 1. The number of amides is 3. The van der Waals surface area contributed by atoms with E-state index in [0.717, 1.165) is 15.1 Å². The zero-order chi connectivity index (χ0) is 18.0. The van der Waals surface area contributed by atoms with Crippen LogP contribution in [0.15, 0.2) is 24.3 Å². The van der Waals surface area contributed by atoms with Crippen LogP contribution in [0.4, 0.5) is 5.13 Å². The number of imide groups is 1. The first kappa shape index (κ1) is 20.3. The van der Waals surface area contributed by atoms with Crippen molar-refractivity contribution in [2.75, 3.05) is 38.6 Å². The Labute approximate surface area is 162 Å². The van der Waals surface area contributed by atoms with E-state index in [1.807, 2.05) is 43.3 Å². The minimum absolute atomic E-state index is 0. The smallest absolute Gasteiger partial charge is 0.248 e. The van der Waals surface area contributed by atoms with Crippen molar-refractivity contribution in [2.24, 2.45) is 0 Å². The van der Waals surface area contributed by atoms with Crippen LogP contribution < -0.4 is 4.90 Å². The molecule has 0 unspecified atom stereocenters. The summed E-state index contributed by atoms with van der Waals surface area (Å²) in [5.74, 6) is -0.852. The molecule has 0 bridgehead atoms. The van der Waals surface area contributed by atoms with Gasteiger partial charge in [-0.1, -0.05) is 23.5 Å². The molecule has 2 aromatic rings. The molecular weight excluding hydrogens is 376 g/mol. The highest BCUT2D eigenvalue weighted by atomic mass is 35.5. The molecule has 0 aliphatic carbocycles. The number of thiazole rings is 1. The minimum Gasteiger partial charge on any atom is -0.308 e. The quantitative estimate of drug-likeness (QED) is 0.695. The Morgan fingerprint density at radius 2 is 1.81 bits per heavy atom. The van der Waals surface area contributed by atoms with E-state index >= 15 is 0 Å². The first-order valence-electron chi connectivity index (χ1n) is 8.09. The average molecular weight is 397 g/mol. The molecule has 3 rings (SSSR count). The number of anilines is 1. The minimum atomic E-state index is -0.287. The topological polar surface area (TPSA) is 73.8 Å². The molecule has 0 spiro atoms. The SMILES string of the molecule is CN(C)CCN(C(=O)CN1C(=O)CCC1=O)c1nc2ccccc2s1.Cl. The van der Waals surface area contributed by atoms with Crippen molar-refractivity contribution in [2.45, 2.75) is 12.8 Å². The Morgan fingerprint density at radius 3 is 2.42 bits per heavy atom. The van der Waals surface area contributed by atoms with E-state index < -0.39 is 0 Å². The van der Waals surface area contributed by atoms with Gasteiger partial charge in [-0.05, 0) is 26.2 Å². The maximum Gasteiger partial charge on any atom is 0.248 e. The third kappa shape index (κ3) is 4.38. The van der Waals surface area contributed by atoms with Gasteiger partial charge >= 0.3 is 0 Å². The summed E-state index contributed by atoms with van der Waals surface area (Å²) in [6.07, 6.45) is 0.371. The van der Waals surface area contributed by atoms with Crippen LogP contribution in [0.2, 0.25) is 0 Å². The third-order valence-corrected chi connectivity index (χ3v) is 5.09. The van der Waals surface area contributed by atoms with Crippen LogP contribution in [0, 0.1) is 0 Å². The molecule has 26 heavy (non-hydrogen) atoms. The van der Waals surface area contributed by atoms with Gasteiger partial charge in [-0.15, -0.1) is 12.4 Å². The fourth-order valence-corrected chi connectivity index (χ4v) is 3.63. The Morgan fingerprint density at radius 1 is 1.15 bits per heavy atom. The molecule has 7 nitrogen and oxygen atoms in total. The summed E-state index contributed by atoms with van der Waals surface area (Å²) in [4.78, 5) is 45.5. The van der Waals surface area contributed by atoms with Gasteiger partial charge in [0.05, 0.1) is 10.2 Å². The number of nitrogens with zero attached hydrogens (tertiary/aromatic N) is 4. The number of benzene rings is 1. The van der Waals surface area contributed by atoms with Crippen LogP contribution in [0.25, 0.3) is 10.2 Å². The summed E-state index contributed by atoms with van der Waals surface area (Å²) in [5, 5.41) is 0.590. The van der Waals surface area contributed by atoms with Crippen LogP contribution in [0.3, 0.4) is 0 Å². The average Bonchev–Trinajstić information content (AvgIpc) is 3.13. The number of para-hydroxylation sites is 1. The summed E-state index contributed by atoms with van der Waals surface area (Å²) < 4.78 is 0.994. The molecule has 2 heterocycles. The lowest BCUT2D eigenvalue weighted by atomic mass is 10.3. The van der Waals surface area contributed by atoms with Crippen LogP contribution >= 0.6 is 23.7 Å². The van der Waals surface area contributed by atoms with Gasteiger partial charge in [0.2, 0.25) is 17.7 Å². The van der Waals surface area contributed by atoms with Crippen molar-refractivity contribution in [3.05, 3.63) is 24.3 Å². The number of likely N-dealkylation sites (N-methyl/N-ethyl adjacent to an activating group) is 1. The van der Waals surface area contributed by atoms with E-state index in [0.29, 0.717) is 18.2 Å². The van der Waals surface area contributed by atoms with E-state index in [-0.39, 0.29) is 49.5 Å². The Hall–Kier alpha value is -2.03. The van der Waals surface area contributed by atoms with Crippen LogP contribution in [-0.4, -0.2) is 66.2 Å². The number of rotatable bonds is 6. The third-order valence-electron chi connectivity index (χ3n) is 4.03. The summed E-state index contributed by atoms with van der Waals surface area (Å²) in [7, 11) is 3.85. The van der Waals surface area contributed by atoms with Crippen molar-refractivity contribution in [3.8, 4) is 0 Å². The fraction of sp³-hybridized carbons (Fsp3) is 0.412. The van der Waals surface area contributed by atoms with E-state index in [2.05, 4.69) is 4.98 Å². The predicted octanol–water partition coefficient (Wildman–Crippen LogP) is 1.76. The molecule has 0 N–H and O–H groups in total. The standard InChI is InChI=1S/C17H20N4O3S.ClH/c1-19(2)9-10-20(16(24)11-21-14(22)7-8-15(21)23)17-18-12-5-3-4-6-13(12)25-17;/h3-6H,7-11H2,1-2H3;1H. The van der Waals surface area contributed by atoms with Crippen molar-refractivity contribution >= 4 is 56.8 Å². The number of carbonyl (C=O) groups excluding carboxylic acids is 3. The maximum absolute atomic E-state index is 12.8. The van der Waals surface area contributed by atoms with Gasteiger partial charge in [0, 0.05) is 25.9 Å². The second kappa shape index (κ2) is 8.57. The Balaban J connectivity index is 0.00000243. The van der Waals surface area contributed by atoms with Gasteiger partial charge in [-0.2, -0.15) is 0 Å². The van der Waals surface area contributed by atoms with Gasteiger partial charge in [0.1, 0.15) is 6.54 Å². The zero-order valence-corrected chi connectivity index (χ0v) is 16.3. The van der Waals surface area contributed by atoms with Crippen molar-refractivity contribution < 1.29 is 14.4 Å². The molecule has 1 fully saturated rings. The lowest BCUT2D eigenvalue weighted by Gasteiger charge is -2.24. The molecule has 3 amide bonds. The highest BCUT2D eigenvalue weighted by molar-refractivity contribution is 7.22. The number of hydrogen-bond acceptors (Lipinski definition) is 6. The molecular formula is C17H21ClN4O3S. The lowest BCUT2D eigenvalue weighted by Crippen LogP contribution is -2.44. The molecule has 1 aromatic heterocycles. The number of likely N-dealkylation sites (tertiary alicyclic amines) is 1. The summed E-state index contributed by atoms with van der Waals surface area (Å²) >= 11 is 1.43. The van der Waals surface area contributed by atoms with Gasteiger partial charge < -0.3 is 4.90 Å². The van der Waals surface area contributed by atoms with Crippen LogP contribution in [0.1, 0.15) is 12.8 Å². The number of carbonyl (C=O) groups is 3. The number of aromatic nitrogens is 1. The highest BCUT2D eigenvalue weighted by Crippen LogP contribution is 2.29. The Bertz CT molecular complexity index is 774. The Kier molecular flexibility index (Phi) is 6.69. The molecule has 0 saturated carbocycles. The summed E-state index contributed by atoms with van der Waals surface area (Å²) in [6, 6.07) is 7.69. The van der Waals surface area contributed by atoms with Crippen LogP contribution in [0.5, 0.6) is 0 Å². The van der Waals surface area contributed by atoms with E-state index in [9.17, 15) is 14.4 Å². The molecule has 1 aliphatic rings. The fourth-order valence-electron chi connectivity index (χ4n) is 2.62. The molecule has 140 valence electrons. The zero-order valence-electron chi connectivity index (χ0n) is 14.7. The second-order valence-electron chi connectivity index (χ2n) is 6.19.